The summed E-state index contributed by atoms with van der Waals surface area (Å²) in [5.41, 5.74) is 0.380. The average Bonchev–Trinajstić information content (AvgIpc) is 2.78. The van der Waals surface area contributed by atoms with E-state index in [1.54, 1.807) is 31.2 Å². The maximum absolute atomic E-state index is 12.9. The van der Waals surface area contributed by atoms with Gasteiger partial charge in [-0.3, -0.25) is 9.59 Å². The number of hydrogen-bond donors (Lipinski definition) is 1. The Kier molecular flexibility index (Phi) is 9.74. The van der Waals surface area contributed by atoms with Crippen molar-refractivity contribution in [2.75, 3.05) is 32.8 Å². The molecule has 0 saturated heterocycles. The summed E-state index contributed by atoms with van der Waals surface area (Å²) in [5, 5.41) is 10.9. The number of Topliss-reactive ketones (excluding diaryl/α,β-unsaturated/α-hetero) is 1. The molecule has 2 aromatic carbocycles. The second-order valence-corrected chi connectivity index (χ2v) is 7.23. The molecular weight excluding hydrogens is 473 g/mol. The van der Waals surface area contributed by atoms with Crippen LogP contribution in [0.3, 0.4) is 0 Å². The van der Waals surface area contributed by atoms with E-state index in [4.69, 9.17) is 42.1 Å². The summed E-state index contributed by atoms with van der Waals surface area (Å²) in [6, 6.07) is 4.88. The monoisotopic (exact) mass is 497 g/mol. The number of carbonyl (C=O) groups excluding carboxylic acids is 2. The standard InChI is InChI=1S/C22H25Cl2N3O6/c1-6-32-15-9-8-13(21(18(15)24)33-7-2)25-22(29)19(12(3)28)26-27-20-16(31-5)11-10-14(30-4)17(20)23/h8-11,19H,6-7H2,1-5H3,(H,25,29). The van der Waals surface area contributed by atoms with Gasteiger partial charge in [-0.2, -0.15) is 5.11 Å². The van der Waals surface area contributed by atoms with Crippen LogP contribution in [0.1, 0.15) is 20.8 Å². The second kappa shape index (κ2) is 12.3. The minimum Gasteiger partial charge on any atom is -0.495 e. The van der Waals surface area contributed by atoms with Crippen molar-refractivity contribution < 1.29 is 28.5 Å². The Morgan fingerprint density at radius 3 is 2.12 bits per heavy atom. The van der Waals surface area contributed by atoms with Gasteiger partial charge in [0, 0.05) is 0 Å². The third kappa shape index (κ3) is 6.27. The lowest BCUT2D eigenvalue weighted by molar-refractivity contribution is -0.126. The zero-order chi connectivity index (χ0) is 24.5. The highest BCUT2D eigenvalue weighted by molar-refractivity contribution is 6.35. The van der Waals surface area contributed by atoms with Crippen LogP contribution in [0.2, 0.25) is 10.0 Å². The van der Waals surface area contributed by atoms with Crippen LogP contribution in [0.25, 0.3) is 0 Å². The summed E-state index contributed by atoms with van der Waals surface area (Å²) in [6.07, 6.45) is 0. The summed E-state index contributed by atoms with van der Waals surface area (Å²) in [4.78, 5) is 25.1. The number of hydrogen-bond acceptors (Lipinski definition) is 8. The predicted octanol–water partition coefficient (Wildman–Crippen LogP) is 5.49. The fourth-order valence-corrected chi connectivity index (χ4v) is 3.31. The normalized spacial score (nSPS) is 11.7. The number of anilines is 1. The number of carbonyl (C=O) groups is 2. The Balaban J connectivity index is 2.38. The Hall–Kier alpha value is -3.04. The molecule has 0 aliphatic rings. The molecule has 1 N–H and O–H groups in total. The van der Waals surface area contributed by atoms with Crippen LogP contribution in [0.15, 0.2) is 34.5 Å². The van der Waals surface area contributed by atoms with Gasteiger partial charge in [0.15, 0.2) is 11.5 Å². The fraction of sp³-hybridized carbons (Fsp3) is 0.364. The molecular formula is C22H25Cl2N3O6. The lowest BCUT2D eigenvalue weighted by Crippen LogP contribution is -2.32. The van der Waals surface area contributed by atoms with E-state index in [9.17, 15) is 9.59 Å². The first-order valence-electron chi connectivity index (χ1n) is 9.99. The van der Waals surface area contributed by atoms with Gasteiger partial charge in [0.2, 0.25) is 6.04 Å². The van der Waals surface area contributed by atoms with Crippen LogP contribution >= 0.6 is 23.2 Å². The molecule has 0 radical (unpaired) electrons. The number of benzene rings is 2. The molecule has 2 aromatic rings. The van der Waals surface area contributed by atoms with E-state index >= 15 is 0 Å². The largest absolute Gasteiger partial charge is 0.495 e. The van der Waals surface area contributed by atoms with Crippen molar-refractivity contribution in [3.63, 3.8) is 0 Å². The van der Waals surface area contributed by atoms with E-state index in [-0.39, 0.29) is 27.2 Å². The highest BCUT2D eigenvalue weighted by Crippen LogP contribution is 2.42. The number of nitrogens with one attached hydrogen (secondary N) is 1. The third-order valence-electron chi connectivity index (χ3n) is 4.30. The van der Waals surface area contributed by atoms with Crippen molar-refractivity contribution in [3.05, 3.63) is 34.3 Å². The SMILES string of the molecule is CCOc1ccc(NC(=O)C(N=Nc2c(OC)ccc(OC)c2Cl)C(C)=O)c(OCC)c1Cl. The molecule has 0 fully saturated rings. The van der Waals surface area contributed by atoms with Gasteiger partial charge in [0.1, 0.15) is 33.0 Å². The van der Waals surface area contributed by atoms with Crippen molar-refractivity contribution in [1.29, 1.82) is 0 Å². The number of ketones is 1. The zero-order valence-corrected chi connectivity index (χ0v) is 20.4. The van der Waals surface area contributed by atoms with Crippen molar-refractivity contribution in [2.45, 2.75) is 26.8 Å². The maximum Gasteiger partial charge on any atom is 0.258 e. The molecule has 0 bridgehead atoms. The Labute approximate surface area is 202 Å². The van der Waals surface area contributed by atoms with E-state index in [0.29, 0.717) is 30.5 Å². The minimum atomic E-state index is -1.46. The van der Waals surface area contributed by atoms with Crippen molar-refractivity contribution in [1.82, 2.24) is 0 Å². The number of rotatable bonds is 11. The molecule has 0 heterocycles. The van der Waals surface area contributed by atoms with E-state index < -0.39 is 17.7 Å². The molecule has 0 aromatic heterocycles. The fourth-order valence-electron chi connectivity index (χ4n) is 2.77. The zero-order valence-electron chi connectivity index (χ0n) is 18.9. The smallest absolute Gasteiger partial charge is 0.258 e. The first kappa shape index (κ1) is 26.2. The first-order valence-corrected chi connectivity index (χ1v) is 10.7. The summed E-state index contributed by atoms with van der Waals surface area (Å²) in [5.74, 6) is -0.0159. The number of azo groups is 1. The molecule has 33 heavy (non-hydrogen) atoms. The van der Waals surface area contributed by atoms with Gasteiger partial charge in [-0.15, -0.1) is 5.11 Å². The molecule has 0 spiro atoms. The van der Waals surface area contributed by atoms with Gasteiger partial charge in [0.25, 0.3) is 5.91 Å². The quantitative estimate of drug-likeness (QED) is 0.324. The van der Waals surface area contributed by atoms with Crippen LogP contribution in [-0.4, -0.2) is 45.2 Å². The number of halogens is 2. The second-order valence-electron chi connectivity index (χ2n) is 6.47. The van der Waals surface area contributed by atoms with Gasteiger partial charge in [-0.25, -0.2) is 0 Å². The molecule has 0 aliphatic carbocycles. The summed E-state index contributed by atoms with van der Waals surface area (Å²) in [6.45, 7) is 5.51. The van der Waals surface area contributed by atoms with Crippen LogP contribution in [-0.2, 0) is 9.59 Å². The van der Waals surface area contributed by atoms with Crippen LogP contribution in [0, 0.1) is 0 Å². The van der Waals surface area contributed by atoms with E-state index in [1.807, 2.05) is 6.92 Å². The molecule has 0 aliphatic heterocycles. The number of amides is 1. The van der Waals surface area contributed by atoms with Crippen molar-refractivity contribution in [3.8, 4) is 23.0 Å². The van der Waals surface area contributed by atoms with Gasteiger partial charge >= 0.3 is 0 Å². The van der Waals surface area contributed by atoms with E-state index in [2.05, 4.69) is 15.5 Å². The number of methoxy groups -OCH3 is 2. The van der Waals surface area contributed by atoms with Crippen LogP contribution in [0.5, 0.6) is 23.0 Å². The van der Waals surface area contributed by atoms with Gasteiger partial charge < -0.3 is 24.3 Å². The Morgan fingerprint density at radius 2 is 1.55 bits per heavy atom. The van der Waals surface area contributed by atoms with E-state index in [1.165, 1.54) is 21.1 Å². The summed E-state index contributed by atoms with van der Waals surface area (Å²) in [7, 11) is 2.87. The van der Waals surface area contributed by atoms with Crippen LogP contribution < -0.4 is 24.3 Å². The van der Waals surface area contributed by atoms with Crippen molar-refractivity contribution in [2.24, 2.45) is 10.2 Å². The number of ether oxygens (including phenoxy) is 4. The molecule has 178 valence electrons. The average molecular weight is 498 g/mol. The molecule has 1 amide bonds. The number of nitrogens with zero attached hydrogens (tertiary/aromatic N) is 2. The van der Waals surface area contributed by atoms with E-state index in [0.717, 1.165) is 0 Å². The Bertz CT molecular complexity index is 1050. The lowest BCUT2D eigenvalue weighted by Gasteiger charge is -2.17. The first-order chi connectivity index (χ1) is 15.8. The van der Waals surface area contributed by atoms with Crippen LogP contribution in [0.4, 0.5) is 11.4 Å². The lowest BCUT2D eigenvalue weighted by atomic mass is 10.2. The maximum atomic E-state index is 12.9. The molecule has 1 unspecified atom stereocenters. The highest BCUT2D eigenvalue weighted by Gasteiger charge is 2.26. The molecule has 0 saturated carbocycles. The van der Waals surface area contributed by atoms with Crippen molar-refractivity contribution >= 4 is 46.3 Å². The Morgan fingerprint density at radius 1 is 0.939 bits per heavy atom. The van der Waals surface area contributed by atoms with Gasteiger partial charge in [0.05, 0.1) is 33.1 Å². The predicted molar refractivity (Wildman–Crippen MR) is 126 cm³/mol. The summed E-state index contributed by atoms with van der Waals surface area (Å²) >= 11 is 12.7. The van der Waals surface area contributed by atoms with Gasteiger partial charge in [-0.1, -0.05) is 23.2 Å². The minimum absolute atomic E-state index is 0.122. The highest BCUT2D eigenvalue weighted by atomic mass is 35.5. The van der Waals surface area contributed by atoms with Gasteiger partial charge in [-0.05, 0) is 45.0 Å². The molecule has 2 rings (SSSR count). The molecule has 11 heteroatoms. The third-order valence-corrected chi connectivity index (χ3v) is 5.02. The molecule has 9 nitrogen and oxygen atoms in total. The summed E-state index contributed by atoms with van der Waals surface area (Å²) < 4.78 is 21.5. The topological polar surface area (TPSA) is 108 Å². The molecule has 1 atom stereocenters.